The van der Waals surface area contributed by atoms with Gasteiger partial charge >= 0.3 is 0 Å². The number of anilines is 1. The van der Waals surface area contributed by atoms with Gasteiger partial charge in [0.15, 0.2) is 0 Å². The maximum Gasteiger partial charge on any atom is 0.0345 e. The molecule has 0 radical (unpaired) electrons. The summed E-state index contributed by atoms with van der Waals surface area (Å²) in [5, 5.41) is 3.69. The van der Waals surface area contributed by atoms with Gasteiger partial charge in [0.1, 0.15) is 0 Å². The molecule has 2 aliphatic rings. The van der Waals surface area contributed by atoms with E-state index in [2.05, 4.69) is 60.7 Å². The molecule has 0 spiro atoms. The van der Waals surface area contributed by atoms with E-state index in [0.717, 1.165) is 18.4 Å². The number of fused-ring (bicyclic) bond motifs is 1. The van der Waals surface area contributed by atoms with Crippen LogP contribution in [0.4, 0.5) is 5.69 Å². The van der Waals surface area contributed by atoms with Gasteiger partial charge in [0.05, 0.1) is 0 Å². The fraction of sp³-hybridized carbons (Fsp3) is 0.500. The van der Waals surface area contributed by atoms with E-state index in [1.165, 1.54) is 24.1 Å². The van der Waals surface area contributed by atoms with Crippen molar-refractivity contribution in [1.82, 2.24) is 4.90 Å². The van der Waals surface area contributed by atoms with Gasteiger partial charge in [0, 0.05) is 24.2 Å². The van der Waals surface area contributed by atoms with Crippen molar-refractivity contribution in [2.75, 3.05) is 19.4 Å². The van der Waals surface area contributed by atoms with Crippen molar-refractivity contribution in [3.05, 3.63) is 42.0 Å². The molecule has 0 aromatic heterocycles. The molecule has 1 aromatic rings. The number of nitrogens with zero attached hydrogens (tertiary/aromatic N) is 1. The molecule has 3 unspecified atom stereocenters. The molecule has 0 heterocycles. The molecule has 0 amide bonds. The van der Waals surface area contributed by atoms with Crippen molar-refractivity contribution >= 4 is 5.69 Å². The van der Waals surface area contributed by atoms with Crippen LogP contribution in [0.15, 0.2) is 36.4 Å². The summed E-state index contributed by atoms with van der Waals surface area (Å²) in [7, 11) is 4.22. The van der Waals surface area contributed by atoms with Crippen molar-refractivity contribution < 1.29 is 0 Å². The van der Waals surface area contributed by atoms with Gasteiger partial charge in [-0.3, -0.25) is 0 Å². The first kappa shape index (κ1) is 11.8. The molecule has 0 aliphatic heterocycles. The third-order valence-corrected chi connectivity index (χ3v) is 4.14. The van der Waals surface area contributed by atoms with E-state index in [1.54, 1.807) is 0 Å². The van der Waals surface area contributed by atoms with Gasteiger partial charge < -0.3 is 10.2 Å². The van der Waals surface area contributed by atoms with Crippen molar-refractivity contribution in [3.63, 3.8) is 0 Å². The van der Waals surface area contributed by atoms with Gasteiger partial charge in [-0.2, -0.15) is 0 Å². The first-order chi connectivity index (χ1) is 8.72. The van der Waals surface area contributed by atoms with Crippen LogP contribution >= 0.6 is 0 Å². The summed E-state index contributed by atoms with van der Waals surface area (Å²) in [5.41, 5.74) is 2.65. The molecule has 1 aromatic carbocycles. The third kappa shape index (κ3) is 2.30. The van der Waals surface area contributed by atoms with E-state index in [0.29, 0.717) is 6.04 Å². The third-order valence-electron chi connectivity index (χ3n) is 4.14. The average Bonchev–Trinajstić information content (AvgIpc) is 2.67. The molecular weight excluding hydrogens is 220 g/mol. The second-order valence-corrected chi connectivity index (χ2v) is 5.93. The van der Waals surface area contributed by atoms with Gasteiger partial charge in [-0.25, -0.2) is 0 Å². The summed E-state index contributed by atoms with van der Waals surface area (Å²) < 4.78 is 0. The quantitative estimate of drug-likeness (QED) is 0.816. The van der Waals surface area contributed by atoms with E-state index in [-0.39, 0.29) is 0 Å². The fourth-order valence-electron chi connectivity index (χ4n) is 3.22. The van der Waals surface area contributed by atoms with Crippen LogP contribution in [-0.2, 0) is 6.54 Å². The topological polar surface area (TPSA) is 15.3 Å². The molecule has 2 nitrogen and oxygen atoms in total. The summed E-state index contributed by atoms with van der Waals surface area (Å²) in [6.45, 7) is 1.01. The molecule has 2 aliphatic carbocycles. The lowest BCUT2D eigenvalue weighted by molar-refractivity contribution is 0.218. The Bertz CT molecular complexity index is 450. The minimum Gasteiger partial charge on any atom is -0.382 e. The van der Waals surface area contributed by atoms with Gasteiger partial charge in [-0.1, -0.05) is 24.3 Å². The normalized spacial score (nSPS) is 29.2. The SMILES string of the molecule is CN(C)Cc1cccc(NC2CC3CC=CC32)c1. The highest BCUT2D eigenvalue weighted by atomic mass is 15.0. The first-order valence-corrected chi connectivity index (χ1v) is 6.89. The zero-order valence-corrected chi connectivity index (χ0v) is 11.3. The summed E-state index contributed by atoms with van der Waals surface area (Å²) in [6.07, 6.45) is 7.37. The Morgan fingerprint density at radius 2 is 2.22 bits per heavy atom. The van der Waals surface area contributed by atoms with E-state index in [1.807, 2.05) is 0 Å². The molecule has 0 saturated heterocycles. The average molecular weight is 242 g/mol. The molecule has 3 atom stereocenters. The number of nitrogens with one attached hydrogen (secondary N) is 1. The zero-order valence-electron chi connectivity index (χ0n) is 11.3. The molecule has 1 saturated carbocycles. The molecule has 1 fully saturated rings. The molecule has 3 rings (SSSR count). The monoisotopic (exact) mass is 242 g/mol. The molecule has 2 heteroatoms. The zero-order chi connectivity index (χ0) is 12.5. The first-order valence-electron chi connectivity index (χ1n) is 6.89. The van der Waals surface area contributed by atoms with Crippen LogP contribution in [0, 0.1) is 11.8 Å². The standard InChI is InChI=1S/C16H22N2/c1-18(2)11-12-5-3-7-14(9-12)17-16-10-13-6-4-8-15(13)16/h3-5,7-9,13,15-17H,6,10-11H2,1-2H3. The largest absolute Gasteiger partial charge is 0.382 e. The summed E-state index contributed by atoms with van der Waals surface area (Å²) in [4.78, 5) is 2.21. The molecule has 96 valence electrons. The smallest absolute Gasteiger partial charge is 0.0345 e. The minimum absolute atomic E-state index is 0.656. The van der Waals surface area contributed by atoms with Crippen LogP contribution in [0.2, 0.25) is 0 Å². The molecule has 1 N–H and O–H groups in total. The molecule has 0 bridgehead atoms. The highest BCUT2D eigenvalue weighted by Crippen LogP contribution is 2.44. The van der Waals surface area contributed by atoms with Crippen LogP contribution in [0.5, 0.6) is 0 Å². The fourth-order valence-corrected chi connectivity index (χ4v) is 3.22. The number of allylic oxidation sites excluding steroid dienone is 1. The number of rotatable bonds is 4. The summed E-state index contributed by atoms with van der Waals surface area (Å²) >= 11 is 0. The Morgan fingerprint density at radius 3 is 3.00 bits per heavy atom. The van der Waals surface area contributed by atoms with Crippen LogP contribution in [0.3, 0.4) is 0 Å². The van der Waals surface area contributed by atoms with E-state index >= 15 is 0 Å². The number of benzene rings is 1. The molecule has 18 heavy (non-hydrogen) atoms. The summed E-state index contributed by atoms with van der Waals surface area (Å²) in [5.74, 6) is 1.70. The predicted molar refractivity (Wildman–Crippen MR) is 76.6 cm³/mol. The second kappa shape index (κ2) is 4.77. The highest BCUT2D eigenvalue weighted by molar-refractivity contribution is 5.47. The van der Waals surface area contributed by atoms with E-state index in [9.17, 15) is 0 Å². The van der Waals surface area contributed by atoms with Crippen LogP contribution in [0.25, 0.3) is 0 Å². The maximum atomic E-state index is 3.69. The Hall–Kier alpha value is -1.28. The Morgan fingerprint density at radius 1 is 1.33 bits per heavy atom. The van der Waals surface area contributed by atoms with Gasteiger partial charge in [0.2, 0.25) is 0 Å². The van der Waals surface area contributed by atoms with Crippen molar-refractivity contribution in [3.8, 4) is 0 Å². The summed E-state index contributed by atoms with van der Waals surface area (Å²) in [6, 6.07) is 9.48. The predicted octanol–water partition coefficient (Wildman–Crippen LogP) is 3.12. The maximum absolute atomic E-state index is 3.69. The lowest BCUT2D eigenvalue weighted by Gasteiger charge is -2.41. The van der Waals surface area contributed by atoms with Gasteiger partial charge in [-0.05, 0) is 50.6 Å². The Balaban J connectivity index is 1.64. The van der Waals surface area contributed by atoms with Crippen LogP contribution in [0.1, 0.15) is 18.4 Å². The highest BCUT2D eigenvalue weighted by Gasteiger charge is 2.40. The van der Waals surface area contributed by atoms with Gasteiger partial charge in [-0.15, -0.1) is 0 Å². The minimum atomic E-state index is 0.656. The lowest BCUT2D eigenvalue weighted by atomic mass is 9.71. The lowest BCUT2D eigenvalue weighted by Crippen LogP contribution is -2.43. The van der Waals surface area contributed by atoms with E-state index < -0.39 is 0 Å². The number of hydrogen-bond acceptors (Lipinski definition) is 2. The van der Waals surface area contributed by atoms with Crippen molar-refractivity contribution in [2.45, 2.75) is 25.4 Å². The van der Waals surface area contributed by atoms with Crippen molar-refractivity contribution in [2.24, 2.45) is 11.8 Å². The number of hydrogen-bond donors (Lipinski definition) is 1. The second-order valence-electron chi connectivity index (χ2n) is 5.93. The van der Waals surface area contributed by atoms with Crippen LogP contribution in [-0.4, -0.2) is 25.0 Å². The Labute approximate surface area is 110 Å². The van der Waals surface area contributed by atoms with E-state index in [4.69, 9.17) is 0 Å². The van der Waals surface area contributed by atoms with Crippen LogP contribution < -0.4 is 5.32 Å². The molecular formula is C16H22N2. The van der Waals surface area contributed by atoms with Crippen molar-refractivity contribution in [1.29, 1.82) is 0 Å². The van der Waals surface area contributed by atoms with Gasteiger partial charge in [0.25, 0.3) is 0 Å². The Kier molecular flexibility index (Phi) is 3.13.